The maximum Gasteiger partial charge on any atom is 0.262 e. The Labute approximate surface area is 136 Å². The number of carbonyl (C=O) groups is 2. The van der Waals surface area contributed by atoms with Crippen LogP contribution in [0.5, 0.6) is 0 Å². The number of thioether (sulfide) groups is 1. The van der Waals surface area contributed by atoms with Crippen LogP contribution in [0.1, 0.15) is 34.6 Å². The van der Waals surface area contributed by atoms with E-state index in [2.05, 4.69) is 5.32 Å². The van der Waals surface area contributed by atoms with Gasteiger partial charge < -0.3 is 5.73 Å². The molecule has 7 heteroatoms. The summed E-state index contributed by atoms with van der Waals surface area (Å²) in [6.45, 7) is 4.09. The Morgan fingerprint density at radius 3 is 2.52 bits per heavy atom. The number of anilines is 1. The molecule has 3 N–H and O–H groups in total. The number of nitrogens with zero attached hydrogens (tertiary/aromatic N) is 1. The lowest BCUT2D eigenvalue weighted by atomic mass is 10.1. The van der Waals surface area contributed by atoms with E-state index in [0.717, 1.165) is 11.0 Å². The zero-order valence-corrected chi connectivity index (χ0v) is 13.4. The maximum absolute atomic E-state index is 12.5. The number of amides is 2. The molecule has 0 saturated heterocycles. The molecule has 3 rings (SSSR count). The first-order valence-corrected chi connectivity index (χ1v) is 7.95. The van der Waals surface area contributed by atoms with Crippen molar-refractivity contribution >= 4 is 29.4 Å². The molecule has 1 aliphatic rings. The van der Waals surface area contributed by atoms with Gasteiger partial charge in [0.2, 0.25) is 0 Å². The van der Waals surface area contributed by atoms with E-state index in [9.17, 15) is 14.4 Å². The van der Waals surface area contributed by atoms with Gasteiger partial charge in [-0.1, -0.05) is 26.0 Å². The predicted molar refractivity (Wildman–Crippen MR) is 89.2 cm³/mol. The highest BCUT2D eigenvalue weighted by Crippen LogP contribution is 2.31. The second-order valence-electron chi connectivity index (χ2n) is 5.41. The molecule has 1 aliphatic heterocycles. The zero-order valence-electron chi connectivity index (χ0n) is 12.6. The second-order valence-corrected chi connectivity index (χ2v) is 7.03. The normalized spacial score (nSPS) is 13.3. The summed E-state index contributed by atoms with van der Waals surface area (Å²) in [6, 6.07) is 8.49. The van der Waals surface area contributed by atoms with Gasteiger partial charge in [0, 0.05) is 16.2 Å². The van der Waals surface area contributed by atoms with Crippen molar-refractivity contribution in [2.75, 3.05) is 5.73 Å². The molecular formula is C16H15N3O3S. The van der Waals surface area contributed by atoms with Crippen LogP contribution in [0.2, 0.25) is 0 Å². The van der Waals surface area contributed by atoms with E-state index in [1.165, 1.54) is 4.57 Å². The van der Waals surface area contributed by atoms with Gasteiger partial charge in [-0.2, -0.15) is 0 Å². The van der Waals surface area contributed by atoms with Gasteiger partial charge in [0.05, 0.1) is 16.8 Å². The first-order valence-electron chi connectivity index (χ1n) is 7.07. The number of hydrogen-bond acceptors (Lipinski definition) is 5. The summed E-state index contributed by atoms with van der Waals surface area (Å²) >= 11 is 1.59. The lowest BCUT2D eigenvalue weighted by Crippen LogP contribution is -2.24. The Morgan fingerprint density at radius 2 is 1.83 bits per heavy atom. The molecule has 2 amide bonds. The van der Waals surface area contributed by atoms with E-state index in [1.807, 2.05) is 26.0 Å². The number of carbonyl (C=O) groups excluding carboxylic acids is 2. The molecule has 0 fully saturated rings. The lowest BCUT2D eigenvalue weighted by Gasteiger charge is -2.16. The molecule has 2 heterocycles. The fraction of sp³-hybridized carbons (Fsp3) is 0.188. The van der Waals surface area contributed by atoms with Crippen LogP contribution < -0.4 is 16.6 Å². The fourth-order valence-electron chi connectivity index (χ4n) is 2.52. The minimum atomic E-state index is -0.592. The van der Waals surface area contributed by atoms with Gasteiger partial charge in [0.1, 0.15) is 5.82 Å². The number of fused-ring (bicyclic) bond motifs is 1. The van der Waals surface area contributed by atoms with Gasteiger partial charge in [-0.3, -0.25) is 24.3 Å². The molecule has 0 spiro atoms. The van der Waals surface area contributed by atoms with Gasteiger partial charge in [0.25, 0.3) is 17.4 Å². The van der Waals surface area contributed by atoms with Crippen molar-refractivity contribution in [3.63, 3.8) is 0 Å². The van der Waals surface area contributed by atoms with Gasteiger partial charge in [-0.05, 0) is 12.1 Å². The monoisotopic (exact) mass is 329 g/mol. The van der Waals surface area contributed by atoms with Crippen LogP contribution >= 0.6 is 11.8 Å². The van der Waals surface area contributed by atoms with Gasteiger partial charge in [-0.25, -0.2) is 0 Å². The van der Waals surface area contributed by atoms with Crippen LogP contribution in [0.15, 0.2) is 40.0 Å². The number of pyridine rings is 1. The van der Waals surface area contributed by atoms with Crippen LogP contribution in [0.4, 0.5) is 5.82 Å². The van der Waals surface area contributed by atoms with Gasteiger partial charge >= 0.3 is 0 Å². The summed E-state index contributed by atoms with van der Waals surface area (Å²) in [5.74, 6) is -1.19. The Bertz CT molecular complexity index is 887. The van der Waals surface area contributed by atoms with Crippen LogP contribution in [0, 0.1) is 0 Å². The van der Waals surface area contributed by atoms with Crippen molar-refractivity contribution in [2.24, 2.45) is 0 Å². The van der Waals surface area contributed by atoms with Crippen molar-refractivity contribution in [2.45, 2.75) is 24.0 Å². The third-order valence-electron chi connectivity index (χ3n) is 3.42. The second kappa shape index (κ2) is 5.58. The predicted octanol–water partition coefficient (Wildman–Crippen LogP) is 1.80. The molecule has 23 heavy (non-hydrogen) atoms. The number of imide groups is 1. The van der Waals surface area contributed by atoms with E-state index in [0.29, 0.717) is 10.9 Å². The van der Waals surface area contributed by atoms with Crippen molar-refractivity contribution in [3.05, 3.63) is 51.8 Å². The Morgan fingerprint density at radius 1 is 1.13 bits per heavy atom. The van der Waals surface area contributed by atoms with E-state index >= 15 is 0 Å². The average molecular weight is 329 g/mol. The fourth-order valence-corrected chi connectivity index (χ4v) is 3.47. The molecule has 6 nitrogen and oxygen atoms in total. The maximum atomic E-state index is 12.5. The van der Waals surface area contributed by atoms with Crippen LogP contribution in [-0.2, 0) is 0 Å². The quantitative estimate of drug-likeness (QED) is 0.661. The highest BCUT2D eigenvalue weighted by atomic mass is 32.2. The molecule has 2 aromatic rings. The number of benzene rings is 1. The summed E-state index contributed by atoms with van der Waals surface area (Å²) in [6.07, 6.45) is 0. The number of nitrogen functional groups attached to an aromatic ring is 1. The standard InChI is InChI=1S/C16H15N3O3S/c1-8(2)23-11-6-4-3-5-10(11)19-12(20)7-9-13(14(19)17)16(22)18-15(9)21/h3-8H,17H2,1-2H3,(H,18,21,22). The molecule has 0 atom stereocenters. The van der Waals surface area contributed by atoms with Gasteiger partial charge in [-0.15, -0.1) is 11.8 Å². The van der Waals surface area contributed by atoms with Crippen molar-refractivity contribution in [1.29, 1.82) is 0 Å². The van der Waals surface area contributed by atoms with Crippen LogP contribution in [0.25, 0.3) is 5.69 Å². The summed E-state index contributed by atoms with van der Waals surface area (Å²) < 4.78 is 1.28. The summed E-state index contributed by atoms with van der Waals surface area (Å²) in [4.78, 5) is 37.0. The Kier molecular flexibility index (Phi) is 3.73. The van der Waals surface area contributed by atoms with Crippen molar-refractivity contribution in [3.8, 4) is 5.69 Å². The lowest BCUT2D eigenvalue weighted by molar-refractivity contribution is 0.0880. The topological polar surface area (TPSA) is 94.2 Å². The number of hydrogen-bond donors (Lipinski definition) is 2. The van der Waals surface area contributed by atoms with Gasteiger partial charge in [0.15, 0.2) is 0 Å². The first-order chi connectivity index (χ1) is 10.9. The molecule has 0 unspecified atom stereocenters. The minimum Gasteiger partial charge on any atom is -0.384 e. The summed E-state index contributed by atoms with van der Waals surface area (Å²) in [5.41, 5.74) is 6.30. The third-order valence-corrected chi connectivity index (χ3v) is 4.49. The average Bonchev–Trinajstić information content (AvgIpc) is 2.75. The molecule has 118 valence electrons. The summed E-state index contributed by atoms with van der Waals surface area (Å²) in [5, 5.41) is 2.47. The largest absolute Gasteiger partial charge is 0.384 e. The van der Waals surface area contributed by atoms with E-state index in [4.69, 9.17) is 5.73 Å². The highest BCUT2D eigenvalue weighted by molar-refractivity contribution is 8.00. The minimum absolute atomic E-state index is 0.0207. The molecule has 0 radical (unpaired) electrons. The van der Waals surface area contributed by atoms with Crippen LogP contribution in [0.3, 0.4) is 0 Å². The van der Waals surface area contributed by atoms with E-state index < -0.39 is 17.4 Å². The van der Waals surface area contributed by atoms with Crippen molar-refractivity contribution in [1.82, 2.24) is 9.88 Å². The first kappa shape index (κ1) is 15.4. The SMILES string of the molecule is CC(C)Sc1ccccc1-n1c(N)c2c(cc1=O)C(=O)NC2=O. The third kappa shape index (κ3) is 2.53. The Hall–Kier alpha value is -2.54. The zero-order chi connectivity index (χ0) is 16.7. The molecule has 1 aromatic carbocycles. The number of rotatable bonds is 3. The number of para-hydroxylation sites is 1. The molecule has 0 aliphatic carbocycles. The number of nitrogens with one attached hydrogen (secondary N) is 1. The molecule has 1 aromatic heterocycles. The van der Waals surface area contributed by atoms with Crippen molar-refractivity contribution < 1.29 is 9.59 Å². The summed E-state index contributed by atoms with van der Waals surface area (Å²) in [7, 11) is 0. The molecule has 0 bridgehead atoms. The molecule has 0 saturated carbocycles. The molecular weight excluding hydrogens is 314 g/mol. The van der Waals surface area contributed by atoms with E-state index in [1.54, 1.807) is 23.9 Å². The van der Waals surface area contributed by atoms with E-state index in [-0.39, 0.29) is 16.9 Å². The smallest absolute Gasteiger partial charge is 0.262 e. The van der Waals surface area contributed by atoms with Crippen LogP contribution in [-0.4, -0.2) is 21.6 Å². The number of aromatic nitrogens is 1. The number of nitrogens with two attached hydrogens (primary N) is 1. The highest BCUT2D eigenvalue weighted by Gasteiger charge is 2.32. The Balaban J connectivity index is 2.28.